The number of nitrogens with zero attached hydrogens (tertiary/aromatic N) is 4. The minimum absolute atomic E-state index is 0.0845. The van der Waals surface area contributed by atoms with Crippen LogP contribution in [0, 0.1) is 25.7 Å². The number of rotatable bonds is 3. The molecule has 1 N–H and O–H groups in total. The predicted molar refractivity (Wildman–Crippen MR) is 101 cm³/mol. The fourth-order valence-corrected chi connectivity index (χ4v) is 4.84. The zero-order chi connectivity index (χ0) is 18.3. The van der Waals surface area contributed by atoms with E-state index in [2.05, 4.69) is 15.3 Å². The molecule has 1 aliphatic heterocycles. The summed E-state index contributed by atoms with van der Waals surface area (Å²) in [6.07, 6.45) is 7.96. The maximum absolute atomic E-state index is 12.9. The number of carbonyl (C=O) groups is 1. The first-order valence-corrected chi connectivity index (χ1v) is 9.90. The van der Waals surface area contributed by atoms with E-state index in [1.807, 2.05) is 36.5 Å². The molecule has 2 fully saturated rings. The zero-order valence-electron chi connectivity index (χ0n) is 16.1. The molecule has 0 bridgehead atoms. The van der Waals surface area contributed by atoms with Crippen LogP contribution in [-0.2, 0) is 7.05 Å². The average molecular weight is 355 g/mol. The monoisotopic (exact) mass is 355 g/mol. The van der Waals surface area contributed by atoms with E-state index < -0.39 is 0 Å². The Balaban J connectivity index is 1.47. The minimum atomic E-state index is 0.0845. The zero-order valence-corrected chi connectivity index (χ0v) is 16.1. The number of likely N-dealkylation sites (tertiary alicyclic amines) is 1. The highest BCUT2D eigenvalue weighted by atomic mass is 16.2. The number of aromatic amines is 1. The fourth-order valence-electron chi connectivity index (χ4n) is 4.84. The largest absolute Gasteiger partial charge is 0.337 e. The fraction of sp³-hybridized carbons (Fsp3) is 0.650. The van der Waals surface area contributed by atoms with Crippen LogP contribution in [-0.4, -0.2) is 43.9 Å². The van der Waals surface area contributed by atoms with E-state index in [1.54, 1.807) is 0 Å². The molecule has 26 heavy (non-hydrogen) atoms. The second-order valence-electron chi connectivity index (χ2n) is 8.03. The van der Waals surface area contributed by atoms with Gasteiger partial charge in [-0.25, -0.2) is 0 Å². The van der Waals surface area contributed by atoms with E-state index in [4.69, 9.17) is 0 Å². The first-order valence-electron chi connectivity index (χ1n) is 9.90. The Bertz CT molecular complexity index is 799. The van der Waals surface area contributed by atoms with Gasteiger partial charge in [0.15, 0.2) is 0 Å². The van der Waals surface area contributed by atoms with Crippen LogP contribution in [0.1, 0.15) is 60.4 Å². The summed E-state index contributed by atoms with van der Waals surface area (Å²) in [7, 11) is 1.93. The third-order valence-electron chi connectivity index (χ3n) is 6.40. The summed E-state index contributed by atoms with van der Waals surface area (Å²) >= 11 is 0. The molecule has 6 nitrogen and oxygen atoms in total. The van der Waals surface area contributed by atoms with Crippen molar-refractivity contribution in [1.29, 1.82) is 0 Å². The number of carbonyl (C=O) groups excluding carboxylic acids is 1. The molecule has 4 rings (SSSR count). The van der Waals surface area contributed by atoms with E-state index in [0.717, 1.165) is 48.1 Å². The summed E-state index contributed by atoms with van der Waals surface area (Å²) in [5.41, 5.74) is 4.41. The van der Waals surface area contributed by atoms with Crippen molar-refractivity contribution in [2.45, 2.75) is 52.4 Å². The molecule has 1 saturated carbocycles. The molecule has 0 unspecified atom stereocenters. The summed E-state index contributed by atoms with van der Waals surface area (Å²) in [5.74, 6) is 1.59. The third-order valence-corrected chi connectivity index (χ3v) is 6.40. The van der Waals surface area contributed by atoms with E-state index in [1.165, 1.54) is 32.1 Å². The number of aryl methyl sites for hydroxylation is 2. The van der Waals surface area contributed by atoms with Crippen LogP contribution in [0.5, 0.6) is 0 Å². The van der Waals surface area contributed by atoms with Gasteiger partial charge < -0.3 is 4.90 Å². The Morgan fingerprint density at radius 1 is 1.15 bits per heavy atom. The summed E-state index contributed by atoms with van der Waals surface area (Å²) in [5, 5.41) is 11.8. The molecule has 140 valence electrons. The molecular formula is C20H29N5O. The molecular weight excluding hydrogens is 326 g/mol. The van der Waals surface area contributed by atoms with Gasteiger partial charge in [-0.05, 0) is 38.2 Å². The predicted octanol–water partition coefficient (Wildman–Crippen LogP) is 3.47. The van der Waals surface area contributed by atoms with Crippen molar-refractivity contribution in [2.75, 3.05) is 13.1 Å². The number of H-pyrrole nitrogens is 1. The lowest BCUT2D eigenvalue weighted by molar-refractivity contribution is 0.0774. The first-order chi connectivity index (χ1) is 12.5. The molecule has 2 aromatic rings. The van der Waals surface area contributed by atoms with Gasteiger partial charge in [-0.15, -0.1) is 0 Å². The molecule has 3 heterocycles. The molecule has 2 aliphatic rings. The van der Waals surface area contributed by atoms with Crippen molar-refractivity contribution in [3.05, 3.63) is 23.1 Å². The van der Waals surface area contributed by atoms with Gasteiger partial charge in [0.25, 0.3) is 5.91 Å². The van der Waals surface area contributed by atoms with Crippen LogP contribution in [0.15, 0.2) is 6.07 Å². The van der Waals surface area contributed by atoms with Gasteiger partial charge >= 0.3 is 0 Å². The van der Waals surface area contributed by atoms with Crippen LogP contribution >= 0.6 is 0 Å². The second kappa shape index (κ2) is 6.89. The summed E-state index contributed by atoms with van der Waals surface area (Å²) in [4.78, 5) is 14.9. The van der Waals surface area contributed by atoms with Gasteiger partial charge in [0, 0.05) is 31.4 Å². The molecule has 1 amide bonds. The van der Waals surface area contributed by atoms with Crippen molar-refractivity contribution in [3.63, 3.8) is 0 Å². The Morgan fingerprint density at radius 3 is 2.62 bits per heavy atom. The van der Waals surface area contributed by atoms with Crippen LogP contribution in [0.4, 0.5) is 0 Å². The number of hydrogen-bond donors (Lipinski definition) is 1. The molecule has 0 aromatic carbocycles. The van der Waals surface area contributed by atoms with Crippen LogP contribution in [0.3, 0.4) is 0 Å². The Kier molecular flexibility index (Phi) is 4.59. The summed E-state index contributed by atoms with van der Waals surface area (Å²) in [6, 6.07) is 1.88. The Morgan fingerprint density at radius 2 is 1.92 bits per heavy atom. The Hall–Kier alpha value is -2.11. The number of aromatic nitrogens is 4. The van der Waals surface area contributed by atoms with Crippen molar-refractivity contribution in [3.8, 4) is 11.3 Å². The highest BCUT2D eigenvalue weighted by Crippen LogP contribution is 2.35. The molecule has 6 heteroatoms. The third kappa shape index (κ3) is 3.06. The van der Waals surface area contributed by atoms with Gasteiger partial charge in [-0.2, -0.15) is 10.2 Å². The highest BCUT2D eigenvalue weighted by Gasteiger charge is 2.33. The molecule has 1 saturated heterocycles. The van der Waals surface area contributed by atoms with E-state index in [-0.39, 0.29) is 5.91 Å². The van der Waals surface area contributed by atoms with Crippen molar-refractivity contribution in [2.24, 2.45) is 18.9 Å². The van der Waals surface area contributed by atoms with Gasteiger partial charge in [-0.1, -0.05) is 32.1 Å². The van der Waals surface area contributed by atoms with Crippen LogP contribution in [0.2, 0.25) is 0 Å². The number of nitrogens with one attached hydrogen (secondary N) is 1. The van der Waals surface area contributed by atoms with Gasteiger partial charge in [0.2, 0.25) is 0 Å². The van der Waals surface area contributed by atoms with Crippen molar-refractivity contribution >= 4 is 5.91 Å². The molecule has 2 aromatic heterocycles. The van der Waals surface area contributed by atoms with Gasteiger partial charge in [-0.3, -0.25) is 14.6 Å². The maximum Gasteiger partial charge on any atom is 0.271 e. The molecule has 0 spiro atoms. The van der Waals surface area contributed by atoms with Crippen LogP contribution in [0.25, 0.3) is 11.3 Å². The van der Waals surface area contributed by atoms with Gasteiger partial charge in [0.1, 0.15) is 5.69 Å². The summed E-state index contributed by atoms with van der Waals surface area (Å²) < 4.78 is 1.86. The Labute approximate surface area is 155 Å². The van der Waals surface area contributed by atoms with Crippen LogP contribution < -0.4 is 0 Å². The second-order valence-corrected chi connectivity index (χ2v) is 8.03. The standard InChI is InChI=1S/C20H29N5O/c1-13-19(14(2)24(3)23-13)17-11-18(22-21-17)20(26)25-10-9-16(12-25)15-7-5-4-6-8-15/h11,15-16H,4-10,12H2,1-3H3,(H,21,22)/t16-/m1/s1. The lowest BCUT2D eigenvalue weighted by Crippen LogP contribution is -2.30. The highest BCUT2D eigenvalue weighted by molar-refractivity contribution is 5.93. The number of amides is 1. The minimum Gasteiger partial charge on any atom is -0.337 e. The van der Waals surface area contributed by atoms with E-state index in [0.29, 0.717) is 11.6 Å². The lowest BCUT2D eigenvalue weighted by atomic mass is 9.80. The average Bonchev–Trinajstić information content (AvgIpc) is 3.36. The van der Waals surface area contributed by atoms with E-state index in [9.17, 15) is 4.79 Å². The first kappa shape index (κ1) is 17.3. The van der Waals surface area contributed by atoms with Crippen molar-refractivity contribution < 1.29 is 4.79 Å². The number of hydrogen-bond acceptors (Lipinski definition) is 3. The topological polar surface area (TPSA) is 66.8 Å². The SMILES string of the molecule is Cc1nn(C)c(C)c1-c1cc(C(=O)N2CC[C@@H](C3CCCCC3)C2)[nH]n1. The molecule has 0 radical (unpaired) electrons. The lowest BCUT2D eigenvalue weighted by Gasteiger charge is -2.27. The quantitative estimate of drug-likeness (QED) is 0.917. The normalized spacial score (nSPS) is 21.5. The van der Waals surface area contributed by atoms with E-state index >= 15 is 0 Å². The molecule has 1 aliphatic carbocycles. The summed E-state index contributed by atoms with van der Waals surface area (Å²) in [6.45, 7) is 5.79. The van der Waals surface area contributed by atoms with Gasteiger partial charge in [0.05, 0.1) is 11.4 Å². The van der Waals surface area contributed by atoms with Crippen molar-refractivity contribution in [1.82, 2.24) is 24.9 Å². The maximum atomic E-state index is 12.9. The smallest absolute Gasteiger partial charge is 0.271 e. The molecule has 1 atom stereocenters.